The zero-order chi connectivity index (χ0) is 17.5. The third-order valence-electron chi connectivity index (χ3n) is 4.97. The molecular weight excluding hydrogens is 310 g/mol. The third-order valence-corrected chi connectivity index (χ3v) is 4.97. The number of piperidine rings is 1. The average Bonchev–Trinajstić information content (AvgIpc) is 2.64. The Morgan fingerprint density at radius 2 is 2.00 bits per heavy atom. The van der Waals surface area contributed by atoms with Crippen LogP contribution in [-0.4, -0.2) is 45.8 Å². The molecule has 25 heavy (non-hydrogen) atoms. The number of rotatable bonds is 7. The van der Waals surface area contributed by atoms with E-state index in [1.165, 1.54) is 31.5 Å². The van der Waals surface area contributed by atoms with Crippen molar-refractivity contribution in [2.24, 2.45) is 5.92 Å². The topological polar surface area (TPSA) is 53.9 Å². The van der Waals surface area contributed by atoms with Gasteiger partial charge in [0.15, 0.2) is 0 Å². The van der Waals surface area contributed by atoms with Crippen LogP contribution < -0.4 is 5.32 Å². The Morgan fingerprint density at radius 3 is 2.72 bits per heavy atom. The van der Waals surface area contributed by atoms with Gasteiger partial charge in [-0.2, -0.15) is 5.10 Å². The number of pyridine rings is 1. The second-order valence-corrected chi connectivity index (χ2v) is 7.24. The molecule has 0 radical (unpaired) electrons. The largest absolute Gasteiger partial charge is 0.368 e. The van der Waals surface area contributed by atoms with E-state index in [2.05, 4.69) is 51.4 Å². The molecule has 5 heteroatoms. The fourth-order valence-corrected chi connectivity index (χ4v) is 3.48. The summed E-state index contributed by atoms with van der Waals surface area (Å²) in [5, 5.41) is 12.1. The van der Waals surface area contributed by atoms with E-state index in [1.807, 2.05) is 24.5 Å². The Kier molecular flexibility index (Phi) is 6.34. The molecule has 134 valence electrons. The molecule has 1 N–H and O–H groups in total. The van der Waals surface area contributed by atoms with Gasteiger partial charge in [0.05, 0.1) is 5.69 Å². The van der Waals surface area contributed by atoms with Crippen molar-refractivity contribution >= 4 is 5.82 Å². The zero-order valence-electron chi connectivity index (χ0n) is 15.4. The van der Waals surface area contributed by atoms with Crippen LogP contribution in [0, 0.1) is 5.92 Å². The SMILES string of the molecule is CC(C)N1CCC[C@H](Cc2ccc(NCCc3ccncc3)nn2)C1. The van der Waals surface area contributed by atoms with E-state index in [0.29, 0.717) is 12.0 Å². The van der Waals surface area contributed by atoms with Crippen LogP contribution in [-0.2, 0) is 12.8 Å². The highest BCUT2D eigenvalue weighted by molar-refractivity contribution is 5.33. The molecule has 3 rings (SSSR count). The minimum Gasteiger partial charge on any atom is -0.368 e. The van der Waals surface area contributed by atoms with Gasteiger partial charge in [0.25, 0.3) is 0 Å². The van der Waals surface area contributed by atoms with Crippen molar-refractivity contribution in [1.82, 2.24) is 20.1 Å². The molecule has 1 saturated heterocycles. The number of aromatic nitrogens is 3. The number of nitrogens with zero attached hydrogens (tertiary/aromatic N) is 4. The van der Waals surface area contributed by atoms with Crippen LogP contribution in [0.3, 0.4) is 0 Å². The number of anilines is 1. The van der Waals surface area contributed by atoms with Gasteiger partial charge >= 0.3 is 0 Å². The van der Waals surface area contributed by atoms with Gasteiger partial charge in [-0.05, 0) is 81.8 Å². The van der Waals surface area contributed by atoms with Crippen LogP contribution in [0.2, 0.25) is 0 Å². The summed E-state index contributed by atoms with van der Waals surface area (Å²) in [6, 6.07) is 8.90. The molecule has 0 aromatic carbocycles. The van der Waals surface area contributed by atoms with Gasteiger partial charge in [-0.15, -0.1) is 5.10 Å². The van der Waals surface area contributed by atoms with Crippen molar-refractivity contribution in [3.63, 3.8) is 0 Å². The Labute approximate surface area is 150 Å². The first kappa shape index (κ1) is 17.8. The quantitative estimate of drug-likeness (QED) is 0.839. The van der Waals surface area contributed by atoms with E-state index in [-0.39, 0.29) is 0 Å². The van der Waals surface area contributed by atoms with Crippen molar-refractivity contribution in [3.05, 3.63) is 47.9 Å². The van der Waals surface area contributed by atoms with Crippen molar-refractivity contribution in [1.29, 1.82) is 0 Å². The molecule has 1 aliphatic heterocycles. The maximum absolute atomic E-state index is 4.43. The summed E-state index contributed by atoms with van der Waals surface area (Å²) in [7, 11) is 0. The maximum Gasteiger partial charge on any atom is 0.148 e. The van der Waals surface area contributed by atoms with Gasteiger partial charge in [-0.3, -0.25) is 4.98 Å². The minimum absolute atomic E-state index is 0.640. The van der Waals surface area contributed by atoms with Crippen molar-refractivity contribution in [2.45, 2.75) is 45.6 Å². The molecule has 0 spiro atoms. The Balaban J connectivity index is 1.45. The Hall–Kier alpha value is -2.01. The van der Waals surface area contributed by atoms with Gasteiger partial charge in [0.1, 0.15) is 5.82 Å². The number of likely N-dealkylation sites (tertiary alicyclic amines) is 1. The molecule has 0 bridgehead atoms. The summed E-state index contributed by atoms with van der Waals surface area (Å²) >= 11 is 0. The lowest BCUT2D eigenvalue weighted by Crippen LogP contribution is -2.40. The summed E-state index contributed by atoms with van der Waals surface area (Å²) in [6.45, 7) is 7.85. The summed E-state index contributed by atoms with van der Waals surface area (Å²) < 4.78 is 0. The summed E-state index contributed by atoms with van der Waals surface area (Å²) in [6.07, 6.45) is 8.25. The lowest BCUT2D eigenvalue weighted by Gasteiger charge is -2.35. The molecule has 0 amide bonds. The van der Waals surface area contributed by atoms with E-state index in [9.17, 15) is 0 Å². The molecule has 1 aliphatic rings. The standard InChI is InChI=1S/C20H29N5/c1-16(2)25-13-3-4-18(15-25)14-19-5-6-20(24-23-19)22-12-9-17-7-10-21-11-8-17/h5-8,10-11,16,18H,3-4,9,12-15H2,1-2H3,(H,22,24)/t18-/m1/s1. The average molecular weight is 339 g/mol. The fourth-order valence-electron chi connectivity index (χ4n) is 3.48. The summed E-state index contributed by atoms with van der Waals surface area (Å²) in [5.74, 6) is 1.56. The second-order valence-electron chi connectivity index (χ2n) is 7.24. The van der Waals surface area contributed by atoms with E-state index in [1.54, 1.807) is 0 Å². The summed E-state index contributed by atoms with van der Waals surface area (Å²) in [4.78, 5) is 6.62. The van der Waals surface area contributed by atoms with Gasteiger partial charge in [-0.25, -0.2) is 0 Å². The molecule has 1 atom stereocenters. The highest BCUT2D eigenvalue weighted by Gasteiger charge is 2.22. The first-order valence-electron chi connectivity index (χ1n) is 9.40. The monoisotopic (exact) mass is 339 g/mol. The number of hydrogen-bond donors (Lipinski definition) is 1. The zero-order valence-corrected chi connectivity index (χ0v) is 15.4. The van der Waals surface area contributed by atoms with Gasteiger partial charge in [0, 0.05) is 31.5 Å². The van der Waals surface area contributed by atoms with Crippen LogP contribution in [0.5, 0.6) is 0 Å². The van der Waals surface area contributed by atoms with Crippen molar-refractivity contribution in [3.8, 4) is 0 Å². The predicted molar refractivity (Wildman–Crippen MR) is 102 cm³/mol. The molecular formula is C20H29N5. The maximum atomic E-state index is 4.43. The van der Waals surface area contributed by atoms with Gasteiger partial charge in [-0.1, -0.05) is 0 Å². The van der Waals surface area contributed by atoms with Crippen molar-refractivity contribution < 1.29 is 0 Å². The second kappa shape index (κ2) is 8.90. The predicted octanol–water partition coefficient (Wildman–Crippen LogP) is 3.19. The van der Waals surface area contributed by atoms with Crippen LogP contribution in [0.1, 0.15) is 37.9 Å². The third kappa shape index (κ3) is 5.49. The van der Waals surface area contributed by atoms with Gasteiger partial charge < -0.3 is 10.2 Å². The minimum atomic E-state index is 0.640. The molecule has 0 aliphatic carbocycles. The van der Waals surface area contributed by atoms with E-state index in [0.717, 1.165) is 30.9 Å². The fraction of sp³-hybridized carbons (Fsp3) is 0.550. The van der Waals surface area contributed by atoms with E-state index >= 15 is 0 Å². The number of hydrogen-bond acceptors (Lipinski definition) is 5. The number of nitrogens with one attached hydrogen (secondary N) is 1. The van der Waals surface area contributed by atoms with Crippen LogP contribution in [0.25, 0.3) is 0 Å². The highest BCUT2D eigenvalue weighted by atomic mass is 15.2. The summed E-state index contributed by atoms with van der Waals surface area (Å²) in [5.41, 5.74) is 2.38. The lowest BCUT2D eigenvalue weighted by molar-refractivity contribution is 0.139. The smallest absolute Gasteiger partial charge is 0.148 e. The van der Waals surface area contributed by atoms with Crippen molar-refractivity contribution in [2.75, 3.05) is 25.0 Å². The molecule has 2 aromatic heterocycles. The first-order chi connectivity index (χ1) is 12.2. The highest BCUT2D eigenvalue weighted by Crippen LogP contribution is 2.21. The van der Waals surface area contributed by atoms with Crippen LogP contribution in [0.4, 0.5) is 5.82 Å². The van der Waals surface area contributed by atoms with E-state index < -0.39 is 0 Å². The molecule has 1 fully saturated rings. The Bertz CT molecular complexity index is 626. The first-order valence-corrected chi connectivity index (χ1v) is 9.40. The Morgan fingerprint density at radius 1 is 1.16 bits per heavy atom. The molecule has 5 nitrogen and oxygen atoms in total. The van der Waals surface area contributed by atoms with Crippen LogP contribution >= 0.6 is 0 Å². The molecule has 0 unspecified atom stereocenters. The molecule has 0 saturated carbocycles. The lowest BCUT2D eigenvalue weighted by atomic mass is 9.92. The van der Waals surface area contributed by atoms with E-state index in [4.69, 9.17) is 0 Å². The molecule has 2 aromatic rings. The van der Waals surface area contributed by atoms with Crippen LogP contribution in [0.15, 0.2) is 36.7 Å². The molecule has 3 heterocycles. The normalized spacial score (nSPS) is 18.4. The van der Waals surface area contributed by atoms with Gasteiger partial charge in [0.2, 0.25) is 0 Å².